The summed E-state index contributed by atoms with van der Waals surface area (Å²) in [5.41, 5.74) is 1.32. The number of hydrogen-bond acceptors (Lipinski definition) is 6. The van der Waals surface area contributed by atoms with Crippen molar-refractivity contribution in [3.8, 4) is 23.0 Å². The lowest BCUT2D eigenvalue weighted by Gasteiger charge is -2.13. The molecular weight excluding hydrogens is 524 g/mol. The SMILES string of the molecule is COc1cc2nccc(Oc3ccc(CC(=S)CC(=O)c4ccc(Cl)cc4Cl)c(F)c3)c2cc1OC. The number of rotatable bonds is 9. The van der Waals surface area contributed by atoms with Crippen LogP contribution in [0.25, 0.3) is 10.9 Å². The topological polar surface area (TPSA) is 57.7 Å². The summed E-state index contributed by atoms with van der Waals surface area (Å²) in [6.45, 7) is 0. The molecule has 5 nitrogen and oxygen atoms in total. The molecule has 0 fully saturated rings. The predicted octanol–water partition coefficient (Wildman–Crippen LogP) is 7.68. The molecule has 0 radical (unpaired) electrons. The Morgan fingerprint density at radius 2 is 1.72 bits per heavy atom. The Kier molecular flexibility index (Phi) is 8.04. The number of aromatic nitrogens is 1. The van der Waals surface area contributed by atoms with Crippen molar-refractivity contribution in [3.05, 3.63) is 87.8 Å². The molecule has 9 heteroatoms. The Bertz CT molecular complexity index is 1480. The van der Waals surface area contributed by atoms with Crippen molar-refractivity contribution in [2.75, 3.05) is 14.2 Å². The van der Waals surface area contributed by atoms with Gasteiger partial charge >= 0.3 is 0 Å². The molecule has 184 valence electrons. The number of Topliss-reactive ketones (excluding diaryl/α,β-unsaturated/α-hetero) is 1. The van der Waals surface area contributed by atoms with Crippen molar-refractivity contribution in [2.45, 2.75) is 12.8 Å². The van der Waals surface area contributed by atoms with E-state index in [0.29, 0.717) is 54.9 Å². The number of halogens is 3. The molecule has 0 unspecified atom stereocenters. The quantitative estimate of drug-likeness (QED) is 0.159. The minimum Gasteiger partial charge on any atom is -0.493 e. The van der Waals surface area contributed by atoms with E-state index in [2.05, 4.69) is 4.98 Å². The number of methoxy groups -OCH3 is 2. The van der Waals surface area contributed by atoms with E-state index in [1.807, 2.05) is 0 Å². The van der Waals surface area contributed by atoms with E-state index in [0.717, 1.165) is 0 Å². The van der Waals surface area contributed by atoms with E-state index in [1.165, 1.54) is 19.2 Å². The zero-order chi connectivity index (χ0) is 25.8. The zero-order valence-corrected chi connectivity index (χ0v) is 21.6. The van der Waals surface area contributed by atoms with Gasteiger partial charge in [0, 0.05) is 52.0 Å². The molecule has 0 amide bonds. The molecule has 4 rings (SSSR count). The molecule has 3 aromatic carbocycles. The number of carbonyl (C=O) groups is 1. The van der Waals surface area contributed by atoms with E-state index < -0.39 is 5.82 Å². The first kappa shape index (κ1) is 25.8. The first-order chi connectivity index (χ1) is 17.3. The standard InChI is InChI=1S/C27H20Cl2FNO4S/c1-33-26-13-20-23(14-27(26)34-2)31-8-7-25(20)35-17-5-3-15(22(30)11-17)9-18(36)12-24(32)19-6-4-16(28)10-21(19)29/h3-8,10-11,13-14H,9,12H2,1-2H3. The molecule has 4 aromatic rings. The van der Waals surface area contributed by atoms with E-state index >= 15 is 0 Å². The van der Waals surface area contributed by atoms with E-state index in [1.54, 1.807) is 55.8 Å². The average molecular weight is 544 g/mol. The van der Waals surface area contributed by atoms with Crippen molar-refractivity contribution in [2.24, 2.45) is 0 Å². The van der Waals surface area contributed by atoms with Gasteiger partial charge in [-0.2, -0.15) is 0 Å². The first-order valence-electron chi connectivity index (χ1n) is 10.8. The van der Waals surface area contributed by atoms with Gasteiger partial charge in [-0.15, -0.1) is 0 Å². The summed E-state index contributed by atoms with van der Waals surface area (Å²) in [6.07, 6.45) is 1.67. The Morgan fingerprint density at radius 3 is 2.42 bits per heavy atom. The lowest BCUT2D eigenvalue weighted by Crippen LogP contribution is -2.10. The van der Waals surface area contributed by atoms with Gasteiger partial charge in [0.05, 0.1) is 24.8 Å². The number of thiocarbonyl (C=S) groups is 1. The molecule has 1 aromatic heterocycles. The van der Waals surface area contributed by atoms with Crippen LogP contribution in [0.2, 0.25) is 10.0 Å². The molecule has 0 aliphatic carbocycles. The molecule has 0 N–H and O–H groups in total. The molecule has 0 aliphatic heterocycles. The van der Waals surface area contributed by atoms with E-state index in [-0.39, 0.29) is 23.6 Å². The number of fused-ring (bicyclic) bond motifs is 1. The monoisotopic (exact) mass is 543 g/mol. The summed E-state index contributed by atoms with van der Waals surface area (Å²) < 4.78 is 31.6. The maximum Gasteiger partial charge on any atom is 0.169 e. The third kappa shape index (κ3) is 5.75. The highest BCUT2D eigenvalue weighted by molar-refractivity contribution is 7.80. The molecular formula is C27H20Cl2FNO4S. The number of carbonyl (C=O) groups excluding carboxylic acids is 1. The maximum absolute atomic E-state index is 14.9. The van der Waals surface area contributed by atoms with Crippen LogP contribution in [0.1, 0.15) is 22.3 Å². The predicted molar refractivity (Wildman–Crippen MR) is 143 cm³/mol. The third-order valence-corrected chi connectivity index (χ3v) is 6.27. The van der Waals surface area contributed by atoms with E-state index in [4.69, 9.17) is 49.6 Å². The lowest BCUT2D eigenvalue weighted by molar-refractivity contribution is 0.100. The summed E-state index contributed by atoms with van der Waals surface area (Å²) in [6, 6.07) is 14.3. The number of pyridine rings is 1. The fourth-order valence-corrected chi connectivity index (χ4v) is 4.46. The van der Waals surface area contributed by atoms with Gasteiger partial charge in [-0.05, 0) is 42.0 Å². The first-order valence-corrected chi connectivity index (χ1v) is 11.9. The minimum absolute atomic E-state index is 0.0390. The van der Waals surface area contributed by atoms with Crippen LogP contribution in [0.5, 0.6) is 23.0 Å². The highest BCUT2D eigenvalue weighted by Gasteiger charge is 2.16. The summed E-state index contributed by atoms with van der Waals surface area (Å²) in [5.74, 6) is 1.09. The van der Waals surface area contributed by atoms with Crippen LogP contribution < -0.4 is 14.2 Å². The van der Waals surface area contributed by atoms with Gasteiger partial charge in [-0.25, -0.2) is 4.39 Å². The van der Waals surface area contributed by atoms with Gasteiger partial charge in [0.2, 0.25) is 0 Å². The number of ether oxygens (including phenoxy) is 3. The van der Waals surface area contributed by atoms with Crippen LogP contribution in [-0.2, 0) is 6.42 Å². The number of hydrogen-bond donors (Lipinski definition) is 0. The molecule has 0 atom stereocenters. The second kappa shape index (κ2) is 11.2. The number of nitrogens with zero attached hydrogens (tertiary/aromatic N) is 1. The van der Waals surface area contributed by atoms with Crippen molar-refractivity contribution in [1.29, 1.82) is 0 Å². The molecule has 0 aliphatic rings. The van der Waals surface area contributed by atoms with Crippen molar-refractivity contribution in [3.63, 3.8) is 0 Å². The van der Waals surface area contributed by atoms with Crippen LogP contribution in [0.3, 0.4) is 0 Å². The Hall–Kier alpha value is -3.26. The normalized spacial score (nSPS) is 10.8. The summed E-state index contributed by atoms with van der Waals surface area (Å²) >= 11 is 17.3. The average Bonchev–Trinajstić information content (AvgIpc) is 2.84. The Morgan fingerprint density at radius 1 is 0.972 bits per heavy atom. The van der Waals surface area contributed by atoms with Crippen LogP contribution in [0.4, 0.5) is 4.39 Å². The molecule has 36 heavy (non-hydrogen) atoms. The van der Waals surface area contributed by atoms with Gasteiger partial charge in [0.1, 0.15) is 17.3 Å². The Balaban J connectivity index is 1.49. The van der Waals surface area contributed by atoms with Gasteiger partial charge < -0.3 is 14.2 Å². The van der Waals surface area contributed by atoms with Crippen LogP contribution in [0.15, 0.2) is 60.8 Å². The largest absolute Gasteiger partial charge is 0.493 e. The molecule has 0 bridgehead atoms. The minimum atomic E-state index is -0.496. The maximum atomic E-state index is 14.9. The van der Waals surface area contributed by atoms with Crippen molar-refractivity contribution >= 4 is 57.0 Å². The number of benzene rings is 3. The molecule has 1 heterocycles. The highest BCUT2D eigenvalue weighted by Crippen LogP contribution is 2.37. The Labute approximate surface area is 222 Å². The fraction of sp³-hybridized carbons (Fsp3) is 0.148. The van der Waals surface area contributed by atoms with Gasteiger partial charge in [-0.3, -0.25) is 9.78 Å². The van der Waals surface area contributed by atoms with E-state index in [9.17, 15) is 9.18 Å². The summed E-state index contributed by atoms with van der Waals surface area (Å²) in [5, 5.41) is 1.37. The third-order valence-electron chi connectivity index (χ3n) is 5.44. The van der Waals surface area contributed by atoms with Crippen molar-refractivity contribution < 1.29 is 23.4 Å². The highest BCUT2D eigenvalue weighted by atomic mass is 35.5. The lowest BCUT2D eigenvalue weighted by atomic mass is 10.0. The number of ketones is 1. The summed E-state index contributed by atoms with van der Waals surface area (Å²) in [7, 11) is 3.08. The van der Waals surface area contributed by atoms with Crippen LogP contribution in [-0.4, -0.2) is 29.9 Å². The smallest absolute Gasteiger partial charge is 0.169 e. The van der Waals surface area contributed by atoms with Gasteiger partial charge in [-0.1, -0.05) is 41.5 Å². The van der Waals surface area contributed by atoms with Gasteiger partial charge in [0.15, 0.2) is 17.3 Å². The van der Waals surface area contributed by atoms with Crippen molar-refractivity contribution in [1.82, 2.24) is 4.98 Å². The second-order valence-electron chi connectivity index (χ2n) is 7.83. The second-order valence-corrected chi connectivity index (χ2v) is 9.25. The summed E-state index contributed by atoms with van der Waals surface area (Å²) in [4.78, 5) is 17.3. The molecule has 0 spiro atoms. The zero-order valence-electron chi connectivity index (χ0n) is 19.3. The molecule has 0 saturated heterocycles. The fourth-order valence-electron chi connectivity index (χ4n) is 3.66. The van der Waals surface area contributed by atoms with Gasteiger partial charge in [0.25, 0.3) is 0 Å². The van der Waals surface area contributed by atoms with Crippen LogP contribution in [0, 0.1) is 5.82 Å². The van der Waals surface area contributed by atoms with Crippen LogP contribution >= 0.6 is 35.4 Å². The molecule has 0 saturated carbocycles.